The molecular formula is C17H20N2O5S. The third kappa shape index (κ3) is 4.42. The van der Waals surface area contributed by atoms with E-state index in [1.807, 2.05) is 0 Å². The molecule has 0 aliphatic rings. The predicted molar refractivity (Wildman–Crippen MR) is 95.8 cm³/mol. The van der Waals surface area contributed by atoms with Crippen molar-refractivity contribution in [1.29, 1.82) is 0 Å². The van der Waals surface area contributed by atoms with E-state index in [1.165, 1.54) is 45.4 Å². The van der Waals surface area contributed by atoms with Crippen LogP contribution in [0, 0.1) is 6.92 Å². The molecule has 0 unspecified atom stereocenters. The molecule has 0 spiro atoms. The molecule has 8 heteroatoms. The number of aryl methyl sites for hydroxylation is 1. The van der Waals surface area contributed by atoms with Gasteiger partial charge in [-0.3, -0.25) is 9.52 Å². The number of ether oxygens (including phenoxy) is 2. The van der Waals surface area contributed by atoms with Crippen molar-refractivity contribution in [2.45, 2.75) is 18.7 Å². The van der Waals surface area contributed by atoms with Gasteiger partial charge in [0.25, 0.3) is 10.0 Å². The summed E-state index contributed by atoms with van der Waals surface area (Å²) in [6.07, 6.45) is 0. The van der Waals surface area contributed by atoms with Gasteiger partial charge in [0.1, 0.15) is 0 Å². The fourth-order valence-corrected chi connectivity index (χ4v) is 3.34. The zero-order chi connectivity index (χ0) is 18.6. The largest absolute Gasteiger partial charge is 0.493 e. The van der Waals surface area contributed by atoms with Gasteiger partial charge in [0.05, 0.1) is 24.8 Å². The monoisotopic (exact) mass is 364 g/mol. The average molecular weight is 364 g/mol. The van der Waals surface area contributed by atoms with Crippen LogP contribution in [0.2, 0.25) is 0 Å². The minimum atomic E-state index is -3.78. The van der Waals surface area contributed by atoms with Crippen LogP contribution >= 0.6 is 0 Å². The zero-order valence-corrected chi connectivity index (χ0v) is 15.2. The maximum atomic E-state index is 12.6. The Balaban J connectivity index is 2.31. The van der Waals surface area contributed by atoms with Gasteiger partial charge in [-0.1, -0.05) is 0 Å². The Kier molecular flexibility index (Phi) is 5.53. The first kappa shape index (κ1) is 18.6. The second-order valence-corrected chi connectivity index (χ2v) is 7.02. The van der Waals surface area contributed by atoms with Crippen LogP contribution in [0.15, 0.2) is 41.3 Å². The summed E-state index contributed by atoms with van der Waals surface area (Å²) in [5.74, 6) is 0.712. The molecule has 2 aromatic carbocycles. The lowest BCUT2D eigenvalue weighted by atomic mass is 10.2. The molecule has 1 amide bonds. The Morgan fingerprint density at radius 2 is 1.56 bits per heavy atom. The van der Waals surface area contributed by atoms with Crippen molar-refractivity contribution in [3.63, 3.8) is 0 Å². The molecule has 0 aliphatic carbocycles. The number of hydrogen-bond acceptors (Lipinski definition) is 5. The topological polar surface area (TPSA) is 93.7 Å². The molecule has 2 aromatic rings. The van der Waals surface area contributed by atoms with E-state index in [1.54, 1.807) is 19.1 Å². The lowest BCUT2D eigenvalue weighted by molar-refractivity contribution is -0.114. The summed E-state index contributed by atoms with van der Waals surface area (Å²) in [4.78, 5) is 11.1. The number of sulfonamides is 1. The van der Waals surface area contributed by atoms with Gasteiger partial charge in [-0.05, 0) is 42.8 Å². The first-order chi connectivity index (χ1) is 11.8. The summed E-state index contributed by atoms with van der Waals surface area (Å²) in [7, 11) is -0.795. The fourth-order valence-electron chi connectivity index (χ4n) is 2.21. The van der Waals surface area contributed by atoms with Crippen molar-refractivity contribution in [1.82, 2.24) is 0 Å². The number of hydrogen-bond donors (Lipinski definition) is 2. The van der Waals surface area contributed by atoms with Gasteiger partial charge in [0.2, 0.25) is 5.91 Å². The number of amides is 1. The highest BCUT2D eigenvalue weighted by Gasteiger charge is 2.17. The number of methoxy groups -OCH3 is 2. The third-order valence-corrected chi connectivity index (χ3v) is 4.84. The molecule has 0 saturated heterocycles. The van der Waals surface area contributed by atoms with Crippen molar-refractivity contribution >= 4 is 27.3 Å². The first-order valence-electron chi connectivity index (χ1n) is 7.40. The first-order valence-corrected chi connectivity index (χ1v) is 8.88. The van der Waals surface area contributed by atoms with Gasteiger partial charge >= 0.3 is 0 Å². The second kappa shape index (κ2) is 7.43. The fraction of sp³-hybridized carbons (Fsp3) is 0.235. The van der Waals surface area contributed by atoms with Gasteiger partial charge in [0.15, 0.2) is 11.5 Å². The summed E-state index contributed by atoms with van der Waals surface area (Å²) in [6.45, 7) is 3.14. The minimum Gasteiger partial charge on any atom is -0.493 e. The molecule has 7 nitrogen and oxygen atoms in total. The van der Waals surface area contributed by atoms with Crippen molar-refractivity contribution in [3.05, 3.63) is 42.0 Å². The van der Waals surface area contributed by atoms with Crippen LogP contribution < -0.4 is 19.5 Å². The third-order valence-electron chi connectivity index (χ3n) is 3.46. The average Bonchev–Trinajstić information content (AvgIpc) is 2.56. The van der Waals surface area contributed by atoms with Gasteiger partial charge in [-0.2, -0.15) is 0 Å². The van der Waals surface area contributed by atoms with E-state index in [0.29, 0.717) is 28.4 Å². The molecule has 134 valence electrons. The number of nitrogens with one attached hydrogen (secondary N) is 2. The highest BCUT2D eigenvalue weighted by molar-refractivity contribution is 7.92. The maximum absolute atomic E-state index is 12.6. The van der Waals surface area contributed by atoms with E-state index in [2.05, 4.69) is 10.0 Å². The van der Waals surface area contributed by atoms with E-state index in [0.717, 1.165) is 0 Å². The van der Waals surface area contributed by atoms with Crippen LogP contribution in [-0.4, -0.2) is 28.5 Å². The van der Waals surface area contributed by atoms with E-state index >= 15 is 0 Å². The minimum absolute atomic E-state index is 0.0794. The van der Waals surface area contributed by atoms with Crippen LogP contribution in [-0.2, 0) is 14.8 Å². The molecule has 0 aliphatic heterocycles. The highest BCUT2D eigenvalue weighted by atomic mass is 32.2. The van der Waals surface area contributed by atoms with E-state index in [9.17, 15) is 13.2 Å². The molecule has 0 heterocycles. The molecule has 0 saturated carbocycles. The van der Waals surface area contributed by atoms with Crippen LogP contribution in [0.4, 0.5) is 11.4 Å². The smallest absolute Gasteiger partial charge is 0.261 e. The number of carbonyl (C=O) groups excluding carboxylic acids is 1. The molecule has 0 atom stereocenters. The zero-order valence-electron chi connectivity index (χ0n) is 14.4. The number of anilines is 2. The lowest BCUT2D eigenvalue weighted by Crippen LogP contribution is -2.14. The van der Waals surface area contributed by atoms with Crippen LogP contribution in [0.5, 0.6) is 11.5 Å². The highest BCUT2D eigenvalue weighted by Crippen LogP contribution is 2.33. The maximum Gasteiger partial charge on any atom is 0.261 e. The Morgan fingerprint density at radius 3 is 2.08 bits per heavy atom. The molecule has 0 aromatic heterocycles. The summed E-state index contributed by atoms with van der Waals surface area (Å²) < 4.78 is 38.1. The Bertz CT molecular complexity index is 877. The summed E-state index contributed by atoms with van der Waals surface area (Å²) in [5, 5.41) is 2.59. The SMILES string of the molecule is COc1cc(C)c(NS(=O)(=O)c2ccc(NC(C)=O)cc2)cc1OC. The van der Waals surface area contributed by atoms with Crippen molar-refractivity contribution in [2.75, 3.05) is 24.3 Å². The van der Waals surface area contributed by atoms with Crippen molar-refractivity contribution in [2.24, 2.45) is 0 Å². The van der Waals surface area contributed by atoms with Crippen molar-refractivity contribution < 1.29 is 22.7 Å². The van der Waals surface area contributed by atoms with Gasteiger partial charge in [-0.15, -0.1) is 0 Å². The molecule has 0 fully saturated rings. The van der Waals surface area contributed by atoms with Gasteiger partial charge in [-0.25, -0.2) is 8.42 Å². The molecule has 0 bridgehead atoms. The van der Waals surface area contributed by atoms with Gasteiger partial charge in [0, 0.05) is 18.7 Å². The predicted octanol–water partition coefficient (Wildman–Crippen LogP) is 2.77. The normalized spacial score (nSPS) is 10.9. The molecule has 2 rings (SSSR count). The summed E-state index contributed by atoms with van der Waals surface area (Å²) >= 11 is 0. The second-order valence-electron chi connectivity index (χ2n) is 5.33. The Hall–Kier alpha value is -2.74. The molecule has 2 N–H and O–H groups in total. The summed E-state index contributed by atoms with van der Waals surface area (Å²) in [6, 6.07) is 9.15. The van der Waals surface area contributed by atoms with Crippen LogP contribution in [0.3, 0.4) is 0 Å². The Labute approximate surface area is 147 Å². The quantitative estimate of drug-likeness (QED) is 0.822. The van der Waals surface area contributed by atoms with Crippen molar-refractivity contribution in [3.8, 4) is 11.5 Å². The number of benzene rings is 2. The standard InChI is InChI=1S/C17H20N2O5S/c1-11-9-16(23-3)17(24-4)10-15(11)19-25(21,22)14-7-5-13(6-8-14)18-12(2)20/h5-10,19H,1-4H3,(H,18,20). The lowest BCUT2D eigenvalue weighted by Gasteiger charge is -2.15. The van der Waals surface area contributed by atoms with E-state index < -0.39 is 10.0 Å². The van der Waals surface area contributed by atoms with Crippen LogP contribution in [0.25, 0.3) is 0 Å². The Morgan fingerprint density at radius 1 is 1.00 bits per heavy atom. The molecular weight excluding hydrogens is 344 g/mol. The summed E-state index contributed by atoms with van der Waals surface area (Å²) in [5.41, 5.74) is 1.61. The molecule has 25 heavy (non-hydrogen) atoms. The number of rotatable bonds is 6. The number of carbonyl (C=O) groups is 1. The van der Waals surface area contributed by atoms with E-state index in [-0.39, 0.29) is 10.8 Å². The van der Waals surface area contributed by atoms with Crippen LogP contribution in [0.1, 0.15) is 12.5 Å². The van der Waals surface area contributed by atoms with E-state index in [4.69, 9.17) is 9.47 Å². The molecule has 0 radical (unpaired) electrons. The van der Waals surface area contributed by atoms with Gasteiger partial charge < -0.3 is 14.8 Å².